The molecule has 0 aromatic rings. The molecular weight excluding hydrogens is 642 g/mol. The summed E-state index contributed by atoms with van der Waals surface area (Å²) in [4.78, 5) is 46.2. The highest BCUT2D eigenvalue weighted by Gasteiger charge is 2.62. The van der Waals surface area contributed by atoms with Crippen molar-refractivity contribution in [2.45, 2.75) is 169 Å². The summed E-state index contributed by atoms with van der Waals surface area (Å²) in [7, 11) is 5.32. The number of fused-ring (bicyclic) bond motifs is 1. The molecule has 0 radical (unpaired) electrons. The molecule has 3 fully saturated rings. The lowest BCUT2D eigenvalue weighted by Gasteiger charge is -2.48. The number of ketones is 1. The number of nitrogens with zero attached hydrogens (tertiary/aromatic N) is 2. The Balaban J connectivity index is 2.22. The molecule has 1 unspecified atom stereocenters. The minimum absolute atomic E-state index is 0.233. The highest BCUT2D eigenvalue weighted by Crippen LogP contribution is 2.46. The van der Waals surface area contributed by atoms with E-state index in [9.17, 15) is 24.9 Å². The van der Waals surface area contributed by atoms with Gasteiger partial charge in [-0.3, -0.25) is 14.5 Å². The molecule has 3 heterocycles. The number of hydrogen-bond donors (Lipinski definition) is 2. The molecule has 3 aliphatic heterocycles. The number of nitrogens with one attached hydrogen (secondary N) is 1. The highest BCUT2D eigenvalue weighted by atomic mass is 16.7. The standard InChI is InChI=1S/C38H67N3O9/c1-17-26-38(13)29(41(34(45)50-38)24(6)35(7,8)9)22(4)27(39)20(2)19-37(12,46-16)31(23(5)30(43)36(10,11)33(44)48-26)49-32-28(42)25(40(14)15)18-21(3)47-32/h20-26,28-29,31-32,39,42H,17-19H2,1-16H3/t20-,21-,22+,23+,24?,25+,26-,28-,29-,31-,32+,37-,38-/m1/s1. The van der Waals surface area contributed by atoms with Crippen molar-refractivity contribution < 1.29 is 43.2 Å². The van der Waals surface area contributed by atoms with Crippen LogP contribution in [0.3, 0.4) is 0 Å². The SMILES string of the molecule is CC[C@H]1OC(=O)C(C)(C)C(=O)[C@H](C)[C@@H](O[C@@H]2O[C@H](C)C[C@H](N(C)C)[C@H]2O)[C@](C)(OC)C[C@@H](C)C(=N)[C@H](C)[C@H]2N(C(C)C(C)(C)C)C(=O)O[C@]12C. The van der Waals surface area contributed by atoms with E-state index in [-0.39, 0.29) is 30.0 Å². The Bertz CT molecular complexity index is 1270. The quantitative estimate of drug-likeness (QED) is 0.269. The van der Waals surface area contributed by atoms with E-state index in [1.54, 1.807) is 39.7 Å². The first-order valence-electron chi connectivity index (χ1n) is 18.4. The maximum Gasteiger partial charge on any atom is 0.411 e. The summed E-state index contributed by atoms with van der Waals surface area (Å²) in [6.45, 7) is 24.2. The van der Waals surface area contributed by atoms with Gasteiger partial charge in [0.15, 0.2) is 17.7 Å². The van der Waals surface area contributed by atoms with Gasteiger partial charge in [-0.05, 0) is 86.2 Å². The summed E-state index contributed by atoms with van der Waals surface area (Å²) in [6.07, 6.45) is -3.58. The van der Waals surface area contributed by atoms with Crippen LogP contribution in [0.25, 0.3) is 0 Å². The second kappa shape index (κ2) is 15.1. The Hall–Kier alpha value is -2.12. The number of hydrogen-bond acceptors (Lipinski definition) is 11. The lowest BCUT2D eigenvalue weighted by atomic mass is 9.71. The van der Waals surface area contributed by atoms with E-state index in [2.05, 4.69) is 0 Å². The number of cyclic esters (lactones) is 1. The molecule has 12 heteroatoms. The maximum absolute atomic E-state index is 14.5. The summed E-state index contributed by atoms with van der Waals surface area (Å²) in [5, 5.41) is 21.0. The summed E-state index contributed by atoms with van der Waals surface area (Å²) >= 11 is 0. The molecule has 3 rings (SSSR count). The molecule has 0 aliphatic carbocycles. The Morgan fingerprint density at radius 2 is 1.64 bits per heavy atom. The number of carbonyl (C=O) groups is 3. The van der Waals surface area contributed by atoms with E-state index >= 15 is 0 Å². The van der Waals surface area contributed by atoms with Gasteiger partial charge in [0.05, 0.1) is 23.9 Å². The fourth-order valence-corrected chi connectivity index (χ4v) is 8.43. The molecule has 3 aliphatic rings. The van der Waals surface area contributed by atoms with Gasteiger partial charge < -0.3 is 39.1 Å². The Morgan fingerprint density at radius 3 is 2.14 bits per heavy atom. The zero-order valence-electron chi connectivity index (χ0n) is 33.6. The van der Waals surface area contributed by atoms with Crippen LogP contribution in [-0.2, 0) is 33.3 Å². The predicted octanol–water partition coefficient (Wildman–Crippen LogP) is 5.47. The lowest BCUT2D eigenvalue weighted by molar-refractivity contribution is -0.295. The number of rotatable bonds is 6. The number of aliphatic hydroxyl groups excluding tert-OH is 1. The van der Waals surface area contributed by atoms with Crippen LogP contribution in [0.1, 0.15) is 109 Å². The monoisotopic (exact) mass is 709 g/mol. The van der Waals surface area contributed by atoms with E-state index in [0.29, 0.717) is 18.6 Å². The average Bonchev–Trinajstić information content (AvgIpc) is 3.30. The van der Waals surface area contributed by atoms with Crippen molar-refractivity contribution in [3.05, 3.63) is 0 Å². The Morgan fingerprint density at radius 1 is 1.06 bits per heavy atom. The molecule has 13 atom stereocenters. The molecule has 0 bridgehead atoms. The van der Waals surface area contributed by atoms with E-state index in [4.69, 9.17) is 23.7 Å². The third-order valence-corrected chi connectivity index (χ3v) is 12.2. The molecular formula is C38H67N3O9. The van der Waals surface area contributed by atoms with Gasteiger partial charge in [0.1, 0.15) is 17.6 Å². The first-order valence-corrected chi connectivity index (χ1v) is 18.4. The van der Waals surface area contributed by atoms with Gasteiger partial charge in [-0.1, -0.05) is 48.5 Å². The van der Waals surface area contributed by atoms with Crippen molar-refractivity contribution in [2.75, 3.05) is 21.2 Å². The maximum atomic E-state index is 14.5. The summed E-state index contributed by atoms with van der Waals surface area (Å²) in [6, 6.07) is -1.19. The number of aliphatic hydroxyl groups is 1. The number of methoxy groups -OCH3 is 1. The van der Waals surface area contributed by atoms with E-state index in [1.165, 1.54) is 0 Å². The van der Waals surface area contributed by atoms with E-state index in [0.717, 1.165) is 0 Å². The van der Waals surface area contributed by atoms with Crippen LogP contribution in [-0.4, -0.2) is 120 Å². The van der Waals surface area contributed by atoms with Gasteiger partial charge >= 0.3 is 12.1 Å². The molecule has 3 saturated heterocycles. The average molecular weight is 710 g/mol. The zero-order chi connectivity index (χ0) is 38.5. The smallest absolute Gasteiger partial charge is 0.411 e. The zero-order valence-corrected chi connectivity index (χ0v) is 33.6. The third kappa shape index (κ3) is 7.80. The van der Waals surface area contributed by atoms with Crippen LogP contribution in [0.2, 0.25) is 0 Å². The number of carbonyl (C=O) groups excluding carboxylic acids is 3. The number of likely N-dealkylation sites (N-methyl/N-ethyl adjacent to an activating group) is 1. The van der Waals surface area contributed by atoms with Gasteiger partial charge in [-0.2, -0.15) is 0 Å². The topological polar surface area (TPSA) is 148 Å². The highest BCUT2D eigenvalue weighted by molar-refractivity contribution is 6.04. The van der Waals surface area contributed by atoms with Crippen LogP contribution in [0.4, 0.5) is 4.79 Å². The predicted molar refractivity (Wildman–Crippen MR) is 191 cm³/mol. The first kappa shape index (κ1) is 42.3. The molecule has 1 amide bonds. The van der Waals surface area contributed by atoms with Crippen LogP contribution >= 0.6 is 0 Å². The summed E-state index contributed by atoms with van der Waals surface area (Å²) in [5.74, 6) is -3.03. The molecule has 50 heavy (non-hydrogen) atoms. The summed E-state index contributed by atoms with van der Waals surface area (Å²) < 4.78 is 31.5. The van der Waals surface area contributed by atoms with Crippen molar-refractivity contribution >= 4 is 23.6 Å². The Labute approximate surface area is 300 Å². The van der Waals surface area contributed by atoms with Crippen molar-refractivity contribution in [1.82, 2.24) is 9.80 Å². The van der Waals surface area contributed by atoms with E-state index in [1.807, 2.05) is 81.3 Å². The third-order valence-electron chi connectivity index (χ3n) is 12.2. The van der Waals surface area contributed by atoms with Crippen LogP contribution in [0.5, 0.6) is 0 Å². The molecule has 12 nitrogen and oxygen atoms in total. The van der Waals surface area contributed by atoms with Crippen LogP contribution in [0.15, 0.2) is 0 Å². The molecule has 0 aromatic heterocycles. The van der Waals surface area contributed by atoms with Gasteiger partial charge in [0.25, 0.3) is 0 Å². The molecule has 0 spiro atoms. The Kier molecular flexibility index (Phi) is 12.8. The second-order valence-electron chi connectivity index (χ2n) is 17.5. The van der Waals surface area contributed by atoms with Crippen LogP contribution < -0.4 is 0 Å². The summed E-state index contributed by atoms with van der Waals surface area (Å²) in [5.41, 5.74) is -4.09. The minimum Gasteiger partial charge on any atom is -0.457 e. The van der Waals surface area contributed by atoms with Gasteiger partial charge in [0, 0.05) is 36.7 Å². The number of amides is 1. The molecule has 2 N–H and O–H groups in total. The lowest BCUT2D eigenvalue weighted by Crippen LogP contribution is -2.62. The minimum atomic E-state index is -1.63. The van der Waals surface area contributed by atoms with Crippen molar-refractivity contribution in [2.24, 2.45) is 28.6 Å². The largest absolute Gasteiger partial charge is 0.457 e. The molecule has 0 saturated carbocycles. The number of esters is 1. The fraction of sp³-hybridized carbons (Fsp3) is 0.895. The number of Topliss-reactive ketones (excluding diaryl/α,β-unsaturated/α-hetero) is 1. The van der Waals surface area contributed by atoms with E-state index < -0.39 is 82.9 Å². The fourth-order valence-electron chi connectivity index (χ4n) is 8.43. The normalized spacial score (nSPS) is 41.4. The second-order valence-corrected chi connectivity index (χ2v) is 17.5. The van der Waals surface area contributed by atoms with Crippen molar-refractivity contribution in [3.8, 4) is 0 Å². The molecule has 0 aromatic carbocycles. The first-order chi connectivity index (χ1) is 22.8. The molecule has 288 valence electrons. The van der Waals surface area contributed by atoms with Crippen molar-refractivity contribution in [3.63, 3.8) is 0 Å². The van der Waals surface area contributed by atoms with Gasteiger partial charge in [-0.25, -0.2) is 4.79 Å². The van der Waals surface area contributed by atoms with Crippen molar-refractivity contribution in [1.29, 1.82) is 5.41 Å². The van der Waals surface area contributed by atoms with Gasteiger partial charge in [-0.15, -0.1) is 0 Å². The van der Waals surface area contributed by atoms with Gasteiger partial charge in [0.2, 0.25) is 0 Å². The van der Waals surface area contributed by atoms with Crippen LogP contribution in [0, 0.1) is 34.0 Å². The number of ether oxygens (including phenoxy) is 5.